The summed E-state index contributed by atoms with van der Waals surface area (Å²) in [6.45, 7) is 15.1. The van der Waals surface area contributed by atoms with E-state index in [9.17, 15) is 0 Å². The molecule has 15 heavy (non-hydrogen) atoms. The molecular formula is C13H29NO. The van der Waals surface area contributed by atoms with Crippen molar-refractivity contribution in [3.05, 3.63) is 0 Å². The lowest BCUT2D eigenvalue weighted by molar-refractivity contribution is 0.0525. The minimum atomic E-state index is 0.220. The molecule has 0 fully saturated rings. The quantitative estimate of drug-likeness (QED) is 0.704. The van der Waals surface area contributed by atoms with Gasteiger partial charge in [-0.05, 0) is 53.0 Å². The van der Waals surface area contributed by atoms with E-state index in [0.29, 0.717) is 6.10 Å². The van der Waals surface area contributed by atoms with Crippen LogP contribution in [0, 0.1) is 5.92 Å². The van der Waals surface area contributed by atoms with Gasteiger partial charge in [-0.1, -0.05) is 13.8 Å². The number of hydrogen-bond acceptors (Lipinski definition) is 2. The first-order valence-corrected chi connectivity index (χ1v) is 6.18. The van der Waals surface area contributed by atoms with E-state index in [1.807, 2.05) is 0 Å². The Balaban J connectivity index is 3.37. The average Bonchev–Trinajstić information content (AvgIpc) is 2.00. The van der Waals surface area contributed by atoms with Crippen LogP contribution in [-0.4, -0.2) is 24.8 Å². The van der Waals surface area contributed by atoms with Gasteiger partial charge in [-0.15, -0.1) is 0 Å². The Morgan fingerprint density at radius 1 is 1.07 bits per heavy atom. The largest absolute Gasteiger partial charge is 0.378 e. The Labute approximate surface area is 95.8 Å². The summed E-state index contributed by atoms with van der Waals surface area (Å²) in [5.41, 5.74) is 0.220. The fourth-order valence-corrected chi connectivity index (χ4v) is 1.24. The first-order chi connectivity index (χ1) is 6.81. The highest BCUT2D eigenvalue weighted by Gasteiger charge is 2.09. The van der Waals surface area contributed by atoms with Gasteiger partial charge in [0.2, 0.25) is 0 Å². The van der Waals surface area contributed by atoms with E-state index < -0.39 is 0 Å². The topological polar surface area (TPSA) is 21.3 Å². The van der Waals surface area contributed by atoms with Crippen LogP contribution in [0.15, 0.2) is 0 Å². The van der Waals surface area contributed by atoms with Crippen LogP contribution in [-0.2, 0) is 4.74 Å². The van der Waals surface area contributed by atoms with Crippen LogP contribution in [0.1, 0.15) is 54.4 Å². The molecule has 0 heterocycles. The van der Waals surface area contributed by atoms with E-state index in [-0.39, 0.29) is 5.54 Å². The first kappa shape index (κ1) is 14.9. The van der Waals surface area contributed by atoms with Crippen LogP contribution < -0.4 is 5.32 Å². The lowest BCUT2D eigenvalue weighted by Crippen LogP contribution is -2.37. The Morgan fingerprint density at radius 3 is 2.13 bits per heavy atom. The average molecular weight is 215 g/mol. The van der Waals surface area contributed by atoms with Gasteiger partial charge in [-0.25, -0.2) is 0 Å². The molecule has 0 aliphatic rings. The summed E-state index contributed by atoms with van der Waals surface area (Å²) >= 11 is 0. The highest BCUT2D eigenvalue weighted by Crippen LogP contribution is 2.04. The summed E-state index contributed by atoms with van der Waals surface area (Å²) in [5, 5.41) is 3.47. The molecule has 0 amide bonds. The Hall–Kier alpha value is -0.0800. The van der Waals surface area contributed by atoms with Gasteiger partial charge in [0.25, 0.3) is 0 Å². The smallest absolute Gasteiger partial charge is 0.0559 e. The molecule has 0 aromatic rings. The van der Waals surface area contributed by atoms with Gasteiger partial charge < -0.3 is 10.1 Å². The zero-order chi connectivity index (χ0) is 11.9. The van der Waals surface area contributed by atoms with Crippen LogP contribution in [0.3, 0.4) is 0 Å². The third-order valence-electron chi connectivity index (χ3n) is 2.30. The second-order valence-corrected chi connectivity index (χ2v) is 5.83. The minimum Gasteiger partial charge on any atom is -0.378 e. The minimum absolute atomic E-state index is 0.220. The predicted molar refractivity (Wildman–Crippen MR) is 67.2 cm³/mol. The molecule has 0 rings (SSSR count). The maximum absolute atomic E-state index is 5.73. The van der Waals surface area contributed by atoms with Crippen molar-refractivity contribution in [2.45, 2.75) is 66.0 Å². The van der Waals surface area contributed by atoms with Crippen LogP contribution in [0.25, 0.3) is 0 Å². The van der Waals surface area contributed by atoms with E-state index >= 15 is 0 Å². The van der Waals surface area contributed by atoms with E-state index in [1.54, 1.807) is 0 Å². The molecule has 2 heteroatoms. The third-order valence-corrected chi connectivity index (χ3v) is 2.30. The van der Waals surface area contributed by atoms with Crippen LogP contribution >= 0.6 is 0 Å². The number of rotatable bonds is 7. The van der Waals surface area contributed by atoms with Crippen molar-refractivity contribution >= 4 is 0 Å². The monoisotopic (exact) mass is 215 g/mol. The van der Waals surface area contributed by atoms with Gasteiger partial charge in [0.1, 0.15) is 0 Å². The Bertz CT molecular complexity index is 149. The maximum atomic E-state index is 5.73. The summed E-state index contributed by atoms with van der Waals surface area (Å²) in [6.07, 6.45) is 2.63. The summed E-state index contributed by atoms with van der Waals surface area (Å²) in [4.78, 5) is 0. The van der Waals surface area contributed by atoms with Crippen molar-refractivity contribution in [3.8, 4) is 0 Å². The normalized spacial score (nSPS) is 14.6. The molecule has 0 bridgehead atoms. The molecule has 0 aromatic heterocycles. The first-order valence-electron chi connectivity index (χ1n) is 6.18. The molecular weight excluding hydrogens is 186 g/mol. The molecule has 1 N–H and O–H groups in total. The molecule has 0 saturated carbocycles. The highest BCUT2D eigenvalue weighted by molar-refractivity contribution is 4.70. The standard InChI is InChI=1S/C13H29NO/c1-11(2)8-10-15-12(3)7-9-14-13(4,5)6/h11-12,14H,7-10H2,1-6H3. The maximum Gasteiger partial charge on any atom is 0.0559 e. The summed E-state index contributed by atoms with van der Waals surface area (Å²) in [5.74, 6) is 0.741. The molecule has 0 spiro atoms. The second-order valence-electron chi connectivity index (χ2n) is 5.83. The van der Waals surface area contributed by atoms with Crippen LogP contribution in [0.2, 0.25) is 0 Å². The van der Waals surface area contributed by atoms with Crippen molar-refractivity contribution in [2.75, 3.05) is 13.2 Å². The number of nitrogens with one attached hydrogen (secondary N) is 1. The van der Waals surface area contributed by atoms with Gasteiger partial charge >= 0.3 is 0 Å². The van der Waals surface area contributed by atoms with E-state index in [4.69, 9.17) is 4.74 Å². The zero-order valence-electron chi connectivity index (χ0n) is 11.4. The zero-order valence-corrected chi connectivity index (χ0v) is 11.4. The van der Waals surface area contributed by atoms with E-state index in [2.05, 4.69) is 46.9 Å². The summed E-state index contributed by atoms with van der Waals surface area (Å²) in [7, 11) is 0. The lowest BCUT2D eigenvalue weighted by atomic mass is 10.1. The third kappa shape index (κ3) is 11.8. The number of hydrogen-bond donors (Lipinski definition) is 1. The molecule has 92 valence electrons. The van der Waals surface area contributed by atoms with Crippen LogP contribution in [0.4, 0.5) is 0 Å². The SMILES string of the molecule is CC(C)CCOC(C)CCNC(C)(C)C. The summed E-state index contributed by atoms with van der Waals surface area (Å²) < 4.78 is 5.73. The predicted octanol–water partition coefficient (Wildman–Crippen LogP) is 3.22. The fourth-order valence-electron chi connectivity index (χ4n) is 1.24. The van der Waals surface area contributed by atoms with Crippen molar-refractivity contribution in [3.63, 3.8) is 0 Å². The molecule has 0 aromatic carbocycles. The molecule has 2 nitrogen and oxygen atoms in total. The number of ether oxygens (including phenoxy) is 1. The van der Waals surface area contributed by atoms with Crippen LogP contribution in [0.5, 0.6) is 0 Å². The van der Waals surface area contributed by atoms with Crippen molar-refractivity contribution in [1.82, 2.24) is 5.32 Å². The molecule has 0 aliphatic carbocycles. The van der Waals surface area contributed by atoms with Crippen molar-refractivity contribution < 1.29 is 4.74 Å². The molecule has 0 saturated heterocycles. The van der Waals surface area contributed by atoms with Crippen molar-refractivity contribution in [1.29, 1.82) is 0 Å². The second kappa shape index (κ2) is 7.24. The summed E-state index contributed by atoms with van der Waals surface area (Å²) in [6, 6.07) is 0. The van der Waals surface area contributed by atoms with Gasteiger partial charge in [-0.2, -0.15) is 0 Å². The highest BCUT2D eigenvalue weighted by atomic mass is 16.5. The lowest BCUT2D eigenvalue weighted by Gasteiger charge is -2.22. The van der Waals surface area contributed by atoms with Gasteiger partial charge in [0.15, 0.2) is 0 Å². The van der Waals surface area contributed by atoms with Gasteiger partial charge in [0.05, 0.1) is 6.10 Å². The van der Waals surface area contributed by atoms with Gasteiger partial charge in [0, 0.05) is 12.1 Å². The van der Waals surface area contributed by atoms with Crippen molar-refractivity contribution in [2.24, 2.45) is 5.92 Å². The molecule has 1 unspecified atom stereocenters. The Morgan fingerprint density at radius 2 is 1.67 bits per heavy atom. The molecule has 0 radical (unpaired) electrons. The van der Waals surface area contributed by atoms with E-state index in [0.717, 1.165) is 31.9 Å². The molecule has 1 atom stereocenters. The Kier molecular flexibility index (Phi) is 7.20. The van der Waals surface area contributed by atoms with Gasteiger partial charge in [-0.3, -0.25) is 0 Å². The molecule has 0 aliphatic heterocycles. The fraction of sp³-hybridized carbons (Fsp3) is 1.00. The van der Waals surface area contributed by atoms with E-state index in [1.165, 1.54) is 0 Å².